The summed E-state index contributed by atoms with van der Waals surface area (Å²) in [6.07, 6.45) is 10.6. The highest BCUT2D eigenvalue weighted by Gasteiger charge is 2.28. The predicted molar refractivity (Wildman–Crippen MR) is 192 cm³/mol. The van der Waals surface area contributed by atoms with Gasteiger partial charge < -0.3 is 10.6 Å². The van der Waals surface area contributed by atoms with Gasteiger partial charge in [-0.2, -0.15) is 13.1 Å². The van der Waals surface area contributed by atoms with Crippen LogP contribution in [0.4, 0.5) is 5.69 Å². The molecule has 1 aromatic heterocycles. The number of pyridine rings is 1. The number of ketones is 2. The Labute approximate surface area is 290 Å². The van der Waals surface area contributed by atoms with Crippen LogP contribution in [0, 0.1) is 11.8 Å². The number of hydrogen-bond acceptors (Lipinski definition) is 7. The third-order valence-corrected chi connectivity index (χ3v) is 11.1. The summed E-state index contributed by atoms with van der Waals surface area (Å²) in [5.41, 5.74) is 2.72. The first kappa shape index (κ1) is 36.4. The molecular formula is C38H49N5O5S. The number of Topliss-reactive ketones (excluding diaryl/α,β-unsaturated/α-hetero) is 2. The Kier molecular flexibility index (Phi) is 12.7. The molecule has 1 amide bonds. The molecule has 1 saturated carbocycles. The van der Waals surface area contributed by atoms with Gasteiger partial charge in [-0.15, -0.1) is 0 Å². The van der Waals surface area contributed by atoms with Crippen LogP contribution in [-0.4, -0.2) is 56.6 Å². The van der Waals surface area contributed by atoms with Gasteiger partial charge in [0.2, 0.25) is 0 Å². The molecular weight excluding hydrogens is 639 g/mol. The lowest BCUT2D eigenvalue weighted by molar-refractivity contribution is -0.120. The molecule has 3 aromatic rings. The lowest BCUT2D eigenvalue weighted by Gasteiger charge is -2.29. The van der Waals surface area contributed by atoms with E-state index in [9.17, 15) is 22.8 Å². The van der Waals surface area contributed by atoms with Crippen molar-refractivity contribution in [1.82, 2.24) is 20.3 Å². The van der Waals surface area contributed by atoms with Crippen LogP contribution >= 0.6 is 0 Å². The summed E-state index contributed by atoms with van der Waals surface area (Å²) in [4.78, 5) is 44.3. The molecule has 3 N–H and O–H groups in total. The van der Waals surface area contributed by atoms with Crippen LogP contribution in [0.1, 0.15) is 103 Å². The van der Waals surface area contributed by atoms with Crippen LogP contribution in [0.2, 0.25) is 0 Å². The van der Waals surface area contributed by atoms with Gasteiger partial charge in [0, 0.05) is 49.5 Å². The van der Waals surface area contributed by atoms with E-state index in [1.165, 1.54) is 23.2 Å². The van der Waals surface area contributed by atoms with Crippen LogP contribution in [0.25, 0.3) is 0 Å². The minimum Gasteiger partial charge on any atom is -0.345 e. The topological polar surface area (TPSA) is 138 Å². The Hall–Kier alpha value is -3.93. The lowest BCUT2D eigenvalue weighted by Crippen LogP contribution is -2.47. The van der Waals surface area contributed by atoms with Crippen molar-refractivity contribution in [2.45, 2.75) is 83.7 Å². The van der Waals surface area contributed by atoms with E-state index in [0.29, 0.717) is 32.4 Å². The Bertz CT molecular complexity index is 1680. The Balaban J connectivity index is 1.31. The number of aromatic nitrogens is 1. The van der Waals surface area contributed by atoms with E-state index in [0.717, 1.165) is 36.3 Å². The largest absolute Gasteiger partial charge is 0.345 e. The van der Waals surface area contributed by atoms with Crippen LogP contribution < -0.4 is 19.7 Å². The molecule has 0 radical (unpaired) electrons. The molecule has 2 fully saturated rings. The fourth-order valence-corrected chi connectivity index (χ4v) is 7.59. The number of nitrogens with one attached hydrogen (secondary N) is 3. The molecule has 2 heterocycles. The molecule has 1 saturated heterocycles. The van der Waals surface area contributed by atoms with Gasteiger partial charge in [-0.3, -0.25) is 23.7 Å². The monoisotopic (exact) mass is 687 g/mol. The number of hydrogen-bond donors (Lipinski definition) is 3. The van der Waals surface area contributed by atoms with Crippen molar-refractivity contribution in [1.29, 1.82) is 0 Å². The summed E-state index contributed by atoms with van der Waals surface area (Å²) in [5, 5.41) is 6.39. The second kappa shape index (κ2) is 17.1. The van der Waals surface area contributed by atoms with Gasteiger partial charge in [0.05, 0.1) is 17.8 Å². The SMILES string of the molecule is CC(NC(=O)c1cc(C(=O)CC[C@H](CN[C@@H](C)C(=O)CCCC2CC2)Cc2ccccc2)cc(N2CCCNS2(=O)=O)c1)c1cccnc1. The van der Waals surface area contributed by atoms with Crippen molar-refractivity contribution in [2.24, 2.45) is 11.8 Å². The number of anilines is 1. The first-order valence-corrected chi connectivity index (χ1v) is 19.0. The summed E-state index contributed by atoms with van der Waals surface area (Å²) in [7, 11) is -3.82. The summed E-state index contributed by atoms with van der Waals surface area (Å²) < 4.78 is 29.7. The van der Waals surface area contributed by atoms with E-state index in [-0.39, 0.29) is 59.3 Å². The lowest BCUT2D eigenvalue weighted by atomic mass is 9.91. The zero-order valence-corrected chi connectivity index (χ0v) is 29.4. The quantitative estimate of drug-likeness (QED) is 0.149. The van der Waals surface area contributed by atoms with Gasteiger partial charge in [-0.1, -0.05) is 55.7 Å². The molecule has 1 aliphatic carbocycles. The van der Waals surface area contributed by atoms with E-state index in [2.05, 4.69) is 32.5 Å². The van der Waals surface area contributed by atoms with Gasteiger partial charge in [-0.05, 0) is 93.3 Å². The summed E-state index contributed by atoms with van der Waals surface area (Å²) >= 11 is 0. The van der Waals surface area contributed by atoms with E-state index in [1.54, 1.807) is 30.6 Å². The highest BCUT2D eigenvalue weighted by molar-refractivity contribution is 7.90. The summed E-state index contributed by atoms with van der Waals surface area (Å²) in [6.45, 7) is 4.90. The molecule has 49 heavy (non-hydrogen) atoms. The fraction of sp³-hybridized carbons (Fsp3) is 0.474. The van der Waals surface area contributed by atoms with Crippen molar-refractivity contribution in [3.63, 3.8) is 0 Å². The average molecular weight is 688 g/mol. The normalized spacial score (nSPS) is 17.6. The predicted octanol–water partition coefficient (Wildman–Crippen LogP) is 5.57. The molecule has 5 rings (SSSR count). The van der Waals surface area contributed by atoms with Crippen molar-refractivity contribution >= 4 is 33.4 Å². The van der Waals surface area contributed by atoms with Gasteiger partial charge in [-0.25, -0.2) is 0 Å². The molecule has 0 bridgehead atoms. The summed E-state index contributed by atoms with van der Waals surface area (Å²) in [5.74, 6) is 0.507. The standard InChI is InChI=1S/C38H49N5O5S/c1-27(32-12-7-18-39-26-32)42-38(46)34-22-33(23-35(24-34)43-20-8-19-41-49(43,47)48)37(45)17-16-31(21-30-9-4-3-5-10-30)25-40-28(2)36(44)13-6-11-29-14-15-29/h3-5,7,9-10,12,18,22-24,26-29,31,40-41H,6,8,11,13-17,19-21,25H2,1-2H3,(H,42,46)/t27?,28-,31-/m0/s1. The molecule has 10 nitrogen and oxygen atoms in total. The number of rotatable bonds is 18. The maximum atomic E-state index is 13.8. The smallest absolute Gasteiger partial charge is 0.301 e. The molecule has 0 spiro atoms. The molecule has 3 atom stereocenters. The Morgan fingerprint density at radius 1 is 1.00 bits per heavy atom. The minimum absolute atomic E-state index is 0.0750. The molecule has 262 valence electrons. The van der Waals surface area contributed by atoms with Crippen molar-refractivity contribution in [2.75, 3.05) is 23.9 Å². The van der Waals surface area contributed by atoms with Gasteiger partial charge in [0.15, 0.2) is 5.78 Å². The fourth-order valence-electron chi connectivity index (χ4n) is 6.28. The van der Waals surface area contributed by atoms with Gasteiger partial charge >= 0.3 is 10.2 Å². The average Bonchev–Trinajstić information content (AvgIpc) is 3.94. The van der Waals surface area contributed by atoms with Gasteiger partial charge in [0.25, 0.3) is 5.91 Å². The van der Waals surface area contributed by atoms with Crippen LogP contribution in [-0.2, 0) is 21.4 Å². The third-order valence-electron chi connectivity index (χ3n) is 9.51. The highest BCUT2D eigenvalue weighted by Crippen LogP contribution is 2.34. The number of benzene rings is 2. The van der Waals surface area contributed by atoms with Crippen LogP contribution in [0.3, 0.4) is 0 Å². The van der Waals surface area contributed by atoms with Crippen molar-refractivity contribution in [3.8, 4) is 0 Å². The molecule has 2 aromatic carbocycles. The Morgan fingerprint density at radius 3 is 2.49 bits per heavy atom. The number of nitrogens with zero attached hydrogens (tertiary/aromatic N) is 2. The maximum Gasteiger partial charge on any atom is 0.301 e. The Morgan fingerprint density at radius 2 is 1.78 bits per heavy atom. The van der Waals surface area contributed by atoms with Crippen LogP contribution in [0.5, 0.6) is 0 Å². The van der Waals surface area contributed by atoms with E-state index in [4.69, 9.17) is 0 Å². The second-order valence-electron chi connectivity index (χ2n) is 13.5. The number of amides is 1. The zero-order chi connectivity index (χ0) is 34.8. The number of carbonyl (C=O) groups is 3. The number of carbonyl (C=O) groups excluding carboxylic acids is 3. The minimum atomic E-state index is -3.82. The third kappa shape index (κ3) is 10.8. The highest BCUT2D eigenvalue weighted by atomic mass is 32.2. The molecule has 1 unspecified atom stereocenters. The first-order chi connectivity index (χ1) is 23.6. The molecule has 2 aliphatic rings. The summed E-state index contributed by atoms with van der Waals surface area (Å²) in [6, 6.07) is 17.8. The van der Waals surface area contributed by atoms with Crippen molar-refractivity contribution in [3.05, 3.63) is 95.3 Å². The van der Waals surface area contributed by atoms with E-state index < -0.39 is 16.1 Å². The maximum absolute atomic E-state index is 13.8. The van der Waals surface area contributed by atoms with Crippen LogP contribution in [0.15, 0.2) is 73.1 Å². The second-order valence-corrected chi connectivity index (χ2v) is 15.2. The van der Waals surface area contributed by atoms with E-state index in [1.807, 2.05) is 38.1 Å². The van der Waals surface area contributed by atoms with Gasteiger partial charge in [0.1, 0.15) is 5.78 Å². The molecule has 11 heteroatoms. The first-order valence-electron chi connectivity index (χ1n) is 17.6. The molecule has 1 aliphatic heterocycles. The zero-order valence-electron chi connectivity index (χ0n) is 28.6. The van der Waals surface area contributed by atoms with E-state index >= 15 is 0 Å². The van der Waals surface area contributed by atoms with Crippen molar-refractivity contribution < 1.29 is 22.8 Å².